The van der Waals surface area contributed by atoms with Gasteiger partial charge in [0.15, 0.2) is 0 Å². The van der Waals surface area contributed by atoms with Crippen molar-refractivity contribution >= 4 is 33.4 Å². The van der Waals surface area contributed by atoms with E-state index in [-0.39, 0.29) is 5.91 Å². The molecule has 0 saturated carbocycles. The van der Waals surface area contributed by atoms with Crippen molar-refractivity contribution in [3.8, 4) is 0 Å². The van der Waals surface area contributed by atoms with Gasteiger partial charge in [0, 0.05) is 18.1 Å². The first kappa shape index (κ1) is 11.5. The molecule has 0 radical (unpaired) electrons. The lowest BCUT2D eigenvalue weighted by Crippen LogP contribution is -2.26. The Bertz CT molecular complexity index is 354. The highest BCUT2D eigenvalue weighted by molar-refractivity contribution is 9.10. The van der Waals surface area contributed by atoms with Gasteiger partial charge in [-0.1, -0.05) is 17.7 Å². The van der Waals surface area contributed by atoms with Crippen LogP contribution >= 0.6 is 27.5 Å². The van der Waals surface area contributed by atoms with Gasteiger partial charge in [-0.05, 0) is 35.0 Å². The summed E-state index contributed by atoms with van der Waals surface area (Å²) in [7, 11) is 1.75. The van der Waals surface area contributed by atoms with E-state index in [0.717, 1.165) is 4.47 Å². The van der Waals surface area contributed by atoms with Crippen LogP contribution in [0.2, 0.25) is 5.02 Å². The van der Waals surface area contributed by atoms with Crippen LogP contribution < -0.4 is 0 Å². The van der Waals surface area contributed by atoms with Crippen LogP contribution in [-0.4, -0.2) is 24.4 Å². The molecule has 0 aliphatic carbocycles. The van der Waals surface area contributed by atoms with Crippen molar-refractivity contribution in [2.45, 2.75) is 6.92 Å². The summed E-state index contributed by atoms with van der Waals surface area (Å²) in [6.07, 6.45) is 0. The summed E-state index contributed by atoms with van der Waals surface area (Å²) in [5, 5.41) is 0.470. The lowest BCUT2D eigenvalue weighted by Gasteiger charge is -2.15. The number of carbonyl (C=O) groups excluding carboxylic acids is 1. The Hall–Kier alpha value is -0.540. The van der Waals surface area contributed by atoms with E-state index in [4.69, 9.17) is 11.6 Å². The van der Waals surface area contributed by atoms with Gasteiger partial charge in [-0.3, -0.25) is 4.79 Å². The number of rotatable bonds is 2. The summed E-state index contributed by atoms with van der Waals surface area (Å²) in [4.78, 5) is 13.4. The molecule has 0 aromatic heterocycles. The zero-order valence-electron chi connectivity index (χ0n) is 8.05. The summed E-state index contributed by atoms with van der Waals surface area (Å²) in [6.45, 7) is 2.59. The highest BCUT2D eigenvalue weighted by Gasteiger charge is 2.14. The Labute approximate surface area is 97.0 Å². The Morgan fingerprint density at radius 1 is 1.57 bits per heavy atom. The van der Waals surface area contributed by atoms with Crippen molar-refractivity contribution in [1.82, 2.24) is 4.90 Å². The average Bonchev–Trinajstić information content (AvgIpc) is 2.20. The Morgan fingerprint density at radius 2 is 2.21 bits per heavy atom. The van der Waals surface area contributed by atoms with Crippen molar-refractivity contribution in [3.05, 3.63) is 33.3 Å². The zero-order valence-corrected chi connectivity index (χ0v) is 10.4. The Kier molecular flexibility index (Phi) is 3.96. The topological polar surface area (TPSA) is 20.3 Å². The standard InChI is InChI=1S/C10H11BrClNO/c1-3-13(2)10(14)7-5-4-6-8(11)9(7)12/h4-6H,3H2,1-2H3. The zero-order chi connectivity index (χ0) is 10.7. The number of carbonyl (C=O) groups is 1. The maximum absolute atomic E-state index is 11.8. The van der Waals surface area contributed by atoms with Gasteiger partial charge in [-0.15, -0.1) is 0 Å². The predicted octanol–water partition coefficient (Wildman–Crippen LogP) is 3.19. The van der Waals surface area contributed by atoms with E-state index in [2.05, 4.69) is 15.9 Å². The van der Waals surface area contributed by atoms with Gasteiger partial charge in [0.05, 0.1) is 10.6 Å². The minimum absolute atomic E-state index is 0.0567. The Balaban J connectivity index is 3.07. The molecule has 76 valence electrons. The maximum Gasteiger partial charge on any atom is 0.255 e. The van der Waals surface area contributed by atoms with Gasteiger partial charge in [0.25, 0.3) is 5.91 Å². The third-order valence-corrected chi connectivity index (χ3v) is 3.30. The first-order valence-electron chi connectivity index (χ1n) is 4.27. The molecular formula is C10H11BrClNO. The molecule has 0 aliphatic rings. The van der Waals surface area contributed by atoms with Crippen molar-refractivity contribution in [1.29, 1.82) is 0 Å². The van der Waals surface area contributed by atoms with E-state index in [1.54, 1.807) is 24.1 Å². The number of amides is 1. The fraction of sp³-hybridized carbons (Fsp3) is 0.300. The van der Waals surface area contributed by atoms with Crippen LogP contribution in [0.15, 0.2) is 22.7 Å². The van der Waals surface area contributed by atoms with E-state index in [1.807, 2.05) is 13.0 Å². The molecule has 0 spiro atoms. The number of hydrogen-bond acceptors (Lipinski definition) is 1. The van der Waals surface area contributed by atoms with Crippen LogP contribution in [-0.2, 0) is 0 Å². The molecule has 1 amide bonds. The minimum atomic E-state index is -0.0567. The largest absolute Gasteiger partial charge is 0.342 e. The van der Waals surface area contributed by atoms with Gasteiger partial charge in [0.2, 0.25) is 0 Å². The van der Waals surface area contributed by atoms with Gasteiger partial charge in [0.1, 0.15) is 0 Å². The molecule has 0 N–H and O–H groups in total. The van der Waals surface area contributed by atoms with Crippen molar-refractivity contribution in [3.63, 3.8) is 0 Å². The Morgan fingerprint density at radius 3 is 2.79 bits per heavy atom. The van der Waals surface area contributed by atoms with E-state index in [1.165, 1.54) is 0 Å². The van der Waals surface area contributed by atoms with E-state index in [0.29, 0.717) is 17.1 Å². The molecule has 4 heteroatoms. The molecule has 0 atom stereocenters. The molecule has 0 aliphatic heterocycles. The van der Waals surface area contributed by atoms with Crippen LogP contribution in [0.25, 0.3) is 0 Å². The van der Waals surface area contributed by atoms with Crippen LogP contribution in [0.1, 0.15) is 17.3 Å². The smallest absolute Gasteiger partial charge is 0.255 e. The van der Waals surface area contributed by atoms with E-state index in [9.17, 15) is 4.79 Å². The first-order valence-corrected chi connectivity index (χ1v) is 5.44. The van der Waals surface area contributed by atoms with Gasteiger partial charge < -0.3 is 4.90 Å². The molecule has 0 heterocycles. The third-order valence-electron chi connectivity index (χ3n) is 2.00. The summed E-state index contributed by atoms with van der Waals surface area (Å²) in [6, 6.07) is 5.33. The van der Waals surface area contributed by atoms with Crippen LogP contribution in [0.4, 0.5) is 0 Å². The van der Waals surface area contributed by atoms with E-state index >= 15 is 0 Å². The maximum atomic E-state index is 11.8. The van der Waals surface area contributed by atoms with Crippen LogP contribution in [0, 0.1) is 0 Å². The fourth-order valence-electron chi connectivity index (χ4n) is 1.02. The fourth-order valence-corrected chi connectivity index (χ4v) is 1.59. The van der Waals surface area contributed by atoms with Crippen molar-refractivity contribution in [2.24, 2.45) is 0 Å². The SMILES string of the molecule is CCN(C)C(=O)c1cccc(Br)c1Cl. The molecule has 0 saturated heterocycles. The summed E-state index contributed by atoms with van der Waals surface area (Å²) in [5.41, 5.74) is 0.533. The predicted molar refractivity (Wildman–Crippen MR) is 61.8 cm³/mol. The molecule has 0 bridgehead atoms. The summed E-state index contributed by atoms with van der Waals surface area (Å²) < 4.78 is 0.745. The number of halogens is 2. The molecule has 0 fully saturated rings. The third kappa shape index (κ3) is 2.28. The van der Waals surface area contributed by atoms with Gasteiger partial charge >= 0.3 is 0 Å². The molecule has 14 heavy (non-hydrogen) atoms. The van der Waals surface area contributed by atoms with E-state index < -0.39 is 0 Å². The second-order valence-electron chi connectivity index (χ2n) is 2.92. The highest BCUT2D eigenvalue weighted by atomic mass is 79.9. The monoisotopic (exact) mass is 275 g/mol. The minimum Gasteiger partial charge on any atom is -0.342 e. The first-order chi connectivity index (χ1) is 6.57. The van der Waals surface area contributed by atoms with Crippen molar-refractivity contribution < 1.29 is 4.79 Å². The number of nitrogens with zero attached hydrogens (tertiary/aromatic N) is 1. The van der Waals surface area contributed by atoms with Crippen molar-refractivity contribution in [2.75, 3.05) is 13.6 Å². The highest BCUT2D eigenvalue weighted by Crippen LogP contribution is 2.26. The molecule has 0 unspecified atom stereocenters. The second-order valence-corrected chi connectivity index (χ2v) is 4.15. The molecule has 2 nitrogen and oxygen atoms in total. The second kappa shape index (κ2) is 4.80. The normalized spacial score (nSPS) is 10.0. The molecule has 1 aromatic rings. The van der Waals surface area contributed by atoms with Gasteiger partial charge in [-0.25, -0.2) is 0 Å². The molecule has 1 rings (SSSR count). The molecular weight excluding hydrogens is 265 g/mol. The average molecular weight is 277 g/mol. The van der Waals surface area contributed by atoms with Crippen LogP contribution in [0.3, 0.4) is 0 Å². The lowest BCUT2D eigenvalue weighted by atomic mass is 10.2. The quantitative estimate of drug-likeness (QED) is 0.812. The molecule has 1 aromatic carbocycles. The number of hydrogen-bond donors (Lipinski definition) is 0. The van der Waals surface area contributed by atoms with Gasteiger partial charge in [-0.2, -0.15) is 0 Å². The van der Waals surface area contributed by atoms with Crippen LogP contribution in [0.5, 0.6) is 0 Å². The summed E-state index contributed by atoms with van der Waals surface area (Å²) >= 11 is 9.28. The summed E-state index contributed by atoms with van der Waals surface area (Å²) in [5.74, 6) is -0.0567. The number of benzene rings is 1. The lowest BCUT2D eigenvalue weighted by molar-refractivity contribution is 0.0802.